The van der Waals surface area contributed by atoms with Crippen LogP contribution >= 0.6 is 11.9 Å². The summed E-state index contributed by atoms with van der Waals surface area (Å²) in [5, 5.41) is 10.3. The van der Waals surface area contributed by atoms with Gasteiger partial charge in [0.05, 0.1) is 0 Å². The average molecular weight is 315 g/mol. The smallest absolute Gasteiger partial charge is 0.308 e. The molecule has 2 amide bonds. The summed E-state index contributed by atoms with van der Waals surface area (Å²) in [6.07, 6.45) is 9.78. The van der Waals surface area contributed by atoms with E-state index in [0.717, 1.165) is 36.3 Å². The van der Waals surface area contributed by atoms with Crippen LogP contribution in [-0.2, 0) is 25.7 Å². The second kappa shape index (κ2) is 6.57. The third-order valence-electron chi connectivity index (χ3n) is 4.40. The van der Waals surface area contributed by atoms with Crippen LogP contribution in [0, 0.1) is 5.41 Å². The average Bonchev–Trinajstić information content (AvgIpc) is 3.16. The van der Waals surface area contributed by atoms with E-state index in [2.05, 4.69) is 16.1 Å². The standard InChI is InChI=1S/C17H21N3OS/c1-2-13(10-18)22-20-17(21)19-16-14-7-3-5-11(14)9-12-6-4-8-15(12)16/h2,9-10,18H,3-8H2,1H3,(H2,19,20,21)/b13-2+,18-10?. The van der Waals surface area contributed by atoms with Crippen molar-refractivity contribution >= 4 is 29.9 Å². The lowest BCUT2D eigenvalue weighted by Crippen LogP contribution is -2.24. The third kappa shape index (κ3) is 2.90. The summed E-state index contributed by atoms with van der Waals surface area (Å²) in [7, 11) is 0. The first-order valence-corrected chi connectivity index (χ1v) is 8.61. The molecule has 0 unspecified atom stereocenters. The van der Waals surface area contributed by atoms with E-state index in [1.54, 1.807) is 6.08 Å². The van der Waals surface area contributed by atoms with Gasteiger partial charge >= 0.3 is 6.03 Å². The highest BCUT2D eigenvalue weighted by Crippen LogP contribution is 2.38. The van der Waals surface area contributed by atoms with E-state index in [-0.39, 0.29) is 6.03 Å². The van der Waals surface area contributed by atoms with Gasteiger partial charge in [0.2, 0.25) is 0 Å². The first-order chi connectivity index (χ1) is 10.7. The number of carbonyl (C=O) groups excluding carboxylic acids is 1. The molecule has 0 aromatic heterocycles. The SMILES string of the molecule is C/C=C(\C=N)SNC(=O)Nc1c2c(cc3c1CCC3)CCC2. The molecule has 0 aliphatic heterocycles. The molecule has 2 aliphatic carbocycles. The van der Waals surface area contributed by atoms with Crippen molar-refractivity contribution in [3.63, 3.8) is 0 Å². The Balaban J connectivity index is 1.78. The number of hydrogen-bond donors (Lipinski definition) is 3. The van der Waals surface area contributed by atoms with Gasteiger partial charge in [0.15, 0.2) is 0 Å². The van der Waals surface area contributed by atoms with Crippen LogP contribution in [0.2, 0.25) is 0 Å². The Hall–Kier alpha value is -1.75. The van der Waals surface area contributed by atoms with Gasteiger partial charge in [-0.1, -0.05) is 12.1 Å². The molecule has 3 N–H and O–H groups in total. The van der Waals surface area contributed by atoms with Crippen LogP contribution in [0.25, 0.3) is 0 Å². The summed E-state index contributed by atoms with van der Waals surface area (Å²) in [6, 6.07) is 2.15. The summed E-state index contributed by atoms with van der Waals surface area (Å²) in [5.41, 5.74) is 6.55. The zero-order valence-electron chi connectivity index (χ0n) is 12.8. The molecule has 0 heterocycles. The minimum absolute atomic E-state index is 0.208. The Labute approximate surface area is 135 Å². The van der Waals surface area contributed by atoms with Gasteiger partial charge in [0, 0.05) is 16.8 Å². The Bertz CT molecular complexity index is 620. The predicted octanol–water partition coefficient (Wildman–Crippen LogP) is 3.99. The molecule has 4 nitrogen and oxygen atoms in total. The monoisotopic (exact) mass is 315 g/mol. The zero-order chi connectivity index (χ0) is 15.5. The van der Waals surface area contributed by atoms with Crippen molar-refractivity contribution in [3.05, 3.63) is 39.3 Å². The van der Waals surface area contributed by atoms with Gasteiger partial charge in [-0.3, -0.25) is 4.72 Å². The minimum atomic E-state index is -0.208. The van der Waals surface area contributed by atoms with E-state index in [1.807, 2.05) is 6.92 Å². The number of carbonyl (C=O) groups is 1. The zero-order valence-corrected chi connectivity index (χ0v) is 13.6. The Morgan fingerprint density at radius 3 is 2.36 bits per heavy atom. The molecule has 0 fully saturated rings. The van der Waals surface area contributed by atoms with Crippen molar-refractivity contribution in [2.45, 2.75) is 45.4 Å². The number of amides is 2. The number of benzene rings is 1. The fraction of sp³-hybridized carbons (Fsp3) is 0.412. The molecule has 22 heavy (non-hydrogen) atoms. The molecule has 1 aromatic rings. The normalized spacial score (nSPS) is 16.1. The molecule has 3 rings (SSSR count). The maximum absolute atomic E-state index is 12.2. The summed E-state index contributed by atoms with van der Waals surface area (Å²) in [5.74, 6) is 0. The molecular formula is C17H21N3OS. The van der Waals surface area contributed by atoms with Crippen LogP contribution < -0.4 is 10.0 Å². The van der Waals surface area contributed by atoms with Gasteiger partial charge in [-0.05, 0) is 79.7 Å². The highest BCUT2D eigenvalue weighted by molar-refractivity contribution is 8.02. The number of aryl methyl sites for hydroxylation is 2. The second-order valence-corrected chi connectivity index (χ2v) is 6.61. The quantitative estimate of drug-likeness (QED) is 0.581. The van der Waals surface area contributed by atoms with Crippen molar-refractivity contribution in [1.29, 1.82) is 5.41 Å². The third-order valence-corrected chi connectivity index (χ3v) is 5.28. The maximum atomic E-state index is 12.2. The molecule has 0 atom stereocenters. The first kappa shape index (κ1) is 15.2. The summed E-state index contributed by atoms with van der Waals surface area (Å²) < 4.78 is 2.76. The van der Waals surface area contributed by atoms with Gasteiger partial charge in [0.25, 0.3) is 0 Å². The van der Waals surface area contributed by atoms with Gasteiger partial charge in [-0.15, -0.1) is 0 Å². The number of nitrogens with one attached hydrogen (secondary N) is 3. The van der Waals surface area contributed by atoms with E-state index >= 15 is 0 Å². The fourth-order valence-corrected chi connectivity index (χ4v) is 3.82. The second-order valence-electron chi connectivity index (χ2n) is 5.73. The predicted molar refractivity (Wildman–Crippen MR) is 92.8 cm³/mol. The van der Waals surface area contributed by atoms with E-state index < -0.39 is 0 Å². The van der Waals surface area contributed by atoms with Crippen molar-refractivity contribution in [2.24, 2.45) is 0 Å². The number of allylic oxidation sites excluding steroid dienone is 2. The molecule has 0 saturated heterocycles. The summed E-state index contributed by atoms with van der Waals surface area (Å²) >= 11 is 1.17. The van der Waals surface area contributed by atoms with Gasteiger partial charge in [0.1, 0.15) is 0 Å². The molecule has 0 radical (unpaired) electrons. The fourth-order valence-electron chi connectivity index (χ4n) is 3.38. The number of anilines is 1. The largest absolute Gasteiger partial charge is 0.329 e. The van der Waals surface area contributed by atoms with Crippen molar-refractivity contribution < 1.29 is 4.79 Å². The van der Waals surface area contributed by atoms with Crippen LogP contribution in [0.1, 0.15) is 42.0 Å². The lowest BCUT2D eigenvalue weighted by Gasteiger charge is -2.16. The van der Waals surface area contributed by atoms with Crippen LogP contribution in [0.15, 0.2) is 17.0 Å². The molecule has 5 heteroatoms. The van der Waals surface area contributed by atoms with Crippen LogP contribution in [0.3, 0.4) is 0 Å². The maximum Gasteiger partial charge on any atom is 0.329 e. The Kier molecular flexibility index (Phi) is 4.52. The number of rotatable bonds is 4. The Morgan fingerprint density at radius 1 is 1.18 bits per heavy atom. The van der Waals surface area contributed by atoms with E-state index in [9.17, 15) is 4.79 Å². The Morgan fingerprint density at radius 2 is 1.82 bits per heavy atom. The molecule has 0 bridgehead atoms. The topological polar surface area (TPSA) is 65.0 Å². The molecule has 116 valence electrons. The van der Waals surface area contributed by atoms with Crippen LogP contribution in [0.4, 0.5) is 10.5 Å². The highest BCUT2D eigenvalue weighted by atomic mass is 32.2. The van der Waals surface area contributed by atoms with Gasteiger partial charge in [-0.25, -0.2) is 4.79 Å². The molecule has 2 aliphatic rings. The number of hydrogen-bond acceptors (Lipinski definition) is 3. The van der Waals surface area contributed by atoms with E-state index in [4.69, 9.17) is 5.41 Å². The minimum Gasteiger partial charge on any atom is -0.308 e. The number of fused-ring (bicyclic) bond motifs is 2. The first-order valence-electron chi connectivity index (χ1n) is 7.80. The van der Waals surface area contributed by atoms with Crippen molar-refractivity contribution in [1.82, 2.24) is 4.72 Å². The summed E-state index contributed by atoms with van der Waals surface area (Å²) in [6.45, 7) is 1.85. The van der Waals surface area contributed by atoms with Crippen molar-refractivity contribution in [2.75, 3.05) is 5.32 Å². The van der Waals surface area contributed by atoms with Gasteiger partial charge in [-0.2, -0.15) is 0 Å². The number of urea groups is 1. The van der Waals surface area contributed by atoms with E-state index in [0.29, 0.717) is 0 Å². The summed E-state index contributed by atoms with van der Waals surface area (Å²) in [4.78, 5) is 12.9. The van der Waals surface area contributed by atoms with Crippen molar-refractivity contribution in [3.8, 4) is 0 Å². The molecule has 0 spiro atoms. The lowest BCUT2D eigenvalue weighted by atomic mass is 9.99. The highest BCUT2D eigenvalue weighted by Gasteiger charge is 2.24. The molecule has 0 saturated carbocycles. The van der Waals surface area contributed by atoms with Crippen LogP contribution in [0.5, 0.6) is 0 Å². The van der Waals surface area contributed by atoms with Crippen LogP contribution in [-0.4, -0.2) is 12.2 Å². The van der Waals surface area contributed by atoms with E-state index in [1.165, 1.54) is 53.3 Å². The van der Waals surface area contributed by atoms with Gasteiger partial charge < -0.3 is 10.7 Å². The molecule has 1 aromatic carbocycles. The lowest BCUT2D eigenvalue weighted by molar-refractivity contribution is 0.257. The molecular weight excluding hydrogens is 294 g/mol.